The van der Waals surface area contributed by atoms with Crippen LogP contribution in [0.25, 0.3) is 0 Å². The molecule has 0 radical (unpaired) electrons. The molecule has 1 aliphatic heterocycles. The van der Waals surface area contributed by atoms with Gasteiger partial charge in [-0.1, -0.05) is 11.6 Å². The van der Waals surface area contributed by atoms with Gasteiger partial charge in [-0.2, -0.15) is 5.26 Å². The topological polar surface area (TPSA) is 36.3 Å². The Morgan fingerprint density at radius 3 is 2.83 bits per heavy atom. The molecule has 1 saturated heterocycles. The Labute approximate surface area is 79.5 Å². The molecule has 1 fully saturated rings. The molecule has 0 aliphatic carbocycles. The summed E-state index contributed by atoms with van der Waals surface area (Å²) in [7, 11) is 0.326. The number of alkyl halides is 1. The van der Waals surface area contributed by atoms with E-state index in [1.54, 1.807) is 0 Å². The van der Waals surface area contributed by atoms with Gasteiger partial charge in [-0.15, -0.1) is 0 Å². The summed E-state index contributed by atoms with van der Waals surface area (Å²) in [5.41, 5.74) is -0.436. The van der Waals surface area contributed by atoms with Crippen LogP contribution in [0.4, 0.5) is 0 Å². The first-order chi connectivity index (χ1) is 5.83. The molecule has 1 rings (SSSR count). The molecule has 0 aromatic carbocycles. The highest BCUT2D eigenvalue weighted by atomic mass is 35.5. The average Bonchev–Trinajstić information content (AvgIpc) is 2.53. The second-order valence-electron chi connectivity index (χ2n) is 2.68. The summed E-state index contributed by atoms with van der Waals surface area (Å²) in [6.07, 6.45) is 2.77. The molecule has 2 unspecified atom stereocenters. The zero-order valence-corrected chi connectivity index (χ0v) is 8.55. The first-order valence-corrected chi connectivity index (χ1v) is 5.29. The maximum absolute atomic E-state index is 8.30. The summed E-state index contributed by atoms with van der Waals surface area (Å²) in [5, 5.41) is 8.30. The van der Waals surface area contributed by atoms with Crippen LogP contribution in [0, 0.1) is 11.3 Å². The van der Waals surface area contributed by atoms with Gasteiger partial charge in [0.05, 0.1) is 21.4 Å². The number of nitriles is 1. The van der Waals surface area contributed by atoms with Gasteiger partial charge in [0.2, 0.25) is 0 Å². The van der Waals surface area contributed by atoms with Crippen molar-refractivity contribution in [3.63, 3.8) is 0 Å². The van der Waals surface area contributed by atoms with E-state index in [9.17, 15) is 0 Å². The Kier molecular flexibility index (Phi) is 4.87. The van der Waals surface area contributed by atoms with Gasteiger partial charge < -0.3 is 4.52 Å². The number of rotatable bonds is 4. The predicted octanol–water partition coefficient (Wildman–Crippen LogP) is 2.09. The van der Waals surface area contributed by atoms with Crippen molar-refractivity contribution in [2.24, 2.45) is 0 Å². The Bertz CT molecular complexity index is 167. The van der Waals surface area contributed by atoms with Gasteiger partial charge in [0.15, 0.2) is 0 Å². The number of hydrogen-bond donors (Lipinski definition) is 0. The molecule has 0 amide bonds. The summed E-state index contributed by atoms with van der Waals surface area (Å²) < 4.78 is 7.49. The van der Waals surface area contributed by atoms with Crippen LogP contribution in [-0.4, -0.2) is 23.3 Å². The molecule has 0 aromatic heterocycles. The van der Waals surface area contributed by atoms with Gasteiger partial charge >= 0.3 is 0 Å². The second kappa shape index (κ2) is 5.72. The molecule has 0 spiro atoms. The minimum Gasteiger partial charge on any atom is -0.326 e. The van der Waals surface area contributed by atoms with Crippen LogP contribution in [0.15, 0.2) is 0 Å². The maximum atomic E-state index is 8.30. The lowest BCUT2D eigenvalue weighted by Gasteiger charge is -2.15. The molecule has 3 nitrogen and oxygen atoms in total. The van der Waals surface area contributed by atoms with Gasteiger partial charge in [-0.25, -0.2) is 0 Å². The Balaban J connectivity index is 2.04. The lowest BCUT2D eigenvalue weighted by molar-refractivity contribution is 0.303. The van der Waals surface area contributed by atoms with E-state index >= 15 is 0 Å². The third-order valence-electron chi connectivity index (χ3n) is 1.67. The van der Waals surface area contributed by atoms with Crippen molar-refractivity contribution in [3.8, 4) is 6.07 Å². The molecule has 2 atom stereocenters. The highest BCUT2D eigenvalue weighted by Gasteiger charge is 2.13. The monoisotopic (exact) mass is 206 g/mol. The first kappa shape index (κ1) is 10.2. The lowest BCUT2D eigenvalue weighted by atomic mass is 10.4. The molecule has 5 heteroatoms. The summed E-state index contributed by atoms with van der Waals surface area (Å²) in [6.45, 7) is 2.21. The van der Waals surface area contributed by atoms with Gasteiger partial charge in [0.25, 0.3) is 0 Å². The van der Waals surface area contributed by atoms with Crippen molar-refractivity contribution in [2.75, 3.05) is 13.1 Å². The number of nitrogens with zero attached hydrogens (tertiary/aromatic N) is 2. The Morgan fingerprint density at radius 2 is 2.25 bits per heavy atom. The Morgan fingerprint density at radius 1 is 1.58 bits per heavy atom. The zero-order valence-electron chi connectivity index (χ0n) is 6.79. The van der Waals surface area contributed by atoms with Crippen molar-refractivity contribution in [3.05, 3.63) is 0 Å². The highest BCUT2D eigenvalue weighted by Crippen LogP contribution is 2.28. The fourth-order valence-corrected chi connectivity index (χ4v) is 2.09. The second-order valence-corrected chi connectivity index (χ2v) is 4.21. The normalized spacial score (nSPS) is 21.7. The molecule has 12 heavy (non-hydrogen) atoms. The van der Waals surface area contributed by atoms with E-state index in [4.69, 9.17) is 21.4 Å². The van der Waals surface area contributed by atoms with Crippen molar-refractivity contribution in [2.45, 2.75) is 24.8 Å². The van der Waals surface area contributed by atoms with Crippen molar-refractivity contribution in [1.29, 1.82) is 5.26 Å². The quantitative estimate of drug-likeness (QED) is 0.522. The number of halogens is 1. The summed E-state index contributed by atoms with van der Waals surface area (Å²) >= 11 is 5.69. The predicted molar refractivity (Wildman–Crippen MR) is 50.1 cm³/mol. The van der Waals surface area contributed by atoms with Crippen molar-refractivity contribution >= 4 is 20.6 Å². The van der Waals surface area contributed by atoms with E-state index in [0.29, 0.717) is 8.96 Å². The molecule has 68 valence electrons. The van der Waals surface area contributed by atoms with Crippen LogP contribution in [0.2, 0.25) is 0 Å². The van der Waals surface area contributed by atoms with Crippen LogP contribution >= 0.6 is 20.6 Å². The van der Waals surface area contributed by atoms with Crippen LogP contribution in [-0.2, 0) is 4.52 Å². The SMILES string of the molecule is N#CCC(Cl)OPN1CCCC1. The molecule has 0 N–H and O–H groups in total. The Hall–Kier alpha value is 0.130. The standard InChI is InChI=1S/C7H12ClN2OP/c8-7(3-4-9)11-12-10-5-1-2-6-10/h7,12H,1-3,5-6H2. The third-order valence-corrected chi connectivity index (χ3v) is 3.16. The van der Waals surface area contributed by atoms with Crippen LogP contribution in [0.5, 0.6) is 0 Å². The highest BCUT2D eigenvalue weighted by molar-refractivity contribution is 7.29. The summed E-state index contributed by atoms with van der Waals surface area (Å²) in [6, 6.07) is 1.97. The van der Waals surface area contributed by atoms with E-state index in [1.165, 1.54) is 12.8 Å². The van der Waals surface area contributed by atoms with E-state index in [-0.39, 0.29) is 6.42 Å². The fraction of sp³-hybridized carbons (Fsp3) is 0.857. The number of hydrogen-bond acceptors (Lipinski definition) is 3. The first-order valence-electron chi connectivity index (χ1n) is 4.00. The van der Waals surface area contributed by atoms with Gasteiger partial charge in [0, 0.05) is 13.1 Å². The average molecular weight is 207 g/mol. The molecule has 1 heterocycles. The molecule has 0 aromatic rings. The molecule has 0 saturated carbocycles. The van der Waals surface area contributed by atoms with Crippen molar-refractivity contribution in [1.82, 2.24) is 4.67 Å². The lowest BCUT2D eigenvalue weighted by Crippen LogP contribution is -2.10. The molecular weight excluding hydrogens is 195 g/mol. The summed E-state index contributed by atoms with van der Waals surface area (Å²) in [5.74, 6) is 0. The molecule has 0 bridgehead atoms. The van der Waals surface area contributed by atoms with E-state index in [1.807, 2.05) is 6.07 Å². The van der Waals surface area contributed by atoms with E-state index in [2.05, 4.69) is 4.67 Å². The van der Waals surface area contributed by atoms with Crippen LogP contribution < -0.4 is 0 Å². The maximum Gasteiger partial charge on any atom is 0.149 e. The van der Waals surface area contributed by atoms with Crippen LogP contribution in [0.3, 0.4) is 0 Å². The van der Waals surface area contributed by atoms with Gasteiger partial charge in [-0.05, 0) is 12.8 Å². The summed E-state index contributed by atoms with van der Waals surface area (Å²) in [4.78, 5) is 0. The van der Waals surface area contributed by atoms with E-state index in [0.717, 1.165) is 13.1 Å². The molecular formula is C7H12ClN2OP. The van der Waals surface area contributed by atoms with Crippen LogP contribution in [0.1, 0.15) is 19.3 Å². The minimum absolute atomic E-state index is 0.266. The van der Waals surface area contributed by atoms with Gasteiger partial charge in [0.1, 0.15) is 5.56 Å². The third kappa shape index (κ3) is 3.69. The largest absolute Gasteiger partial charge is 0.326 e. The van der Waals surface area contributed by atoms with Gasteiger partial charge in [-0.3, -0.25) is 4.67 Å². The minimum atomic E-state index is -0.436. The zero-order chi connectivity index (χ0) is 8.81. The van der Waals surface area contributed by atoms with E-state index < -0.39 is 5.56 Å². The smallest absolute Gasteiger partial charge is 0.149 e. The fourth-order valence-electron chi connectivity index (χ4n) is 1.05. The van der Waals surface area contributed by atoms with Crippen molar-refractivity contribution < 1.29 is 4.52 Å². The molecule has 1 aliphatic rings.